The van der Waals surface area contributed by atoms with Crippen molar-refractivity contribution in [1.82, 2.24) is 9.80 Å². The normalized spacial score (nSPS) is 23.4. The van der Waals surface area contributed by atoms with Gasteiger partial charge in [-0.2, -0.15) is 13.2 Å². The molecule has 1 fully saturated rings. The highest BCUT2D eigenvalue weighted by atomic mass is 19.4. The zero-order valence-corrected chi connectivity index (χ0v) is 9.51. The molecule has 0 aromatic carbocycles. The third-order valence-corrected chi connectivity index (χ3v) is 3.10. The predicted octanol–water partition coefficient (Wildman–Crippen LogP) is 1.96. The molecule has 1 aliphatic rings. The zero-order chi connectivity index (χ0) is 11.6. The standard InChI is InChI=1S/C10H19F3N2/c1-8(2)14-4-6-15(7-5-14)9(3)10(11,12)13/h8-9H,4-7H2,1-3H3. The van der Waals surface area contributed by atoms with Crippen LogP contribution < -0.4 is 0 Å². The summed E-state index contributed by atoms with van der Waals surface area (Å²) >= 11 is 0. The molecular formula is C10H19F3N2. The van der Waals surface area contributed by atoms with E-state index in [1.54, 1.807) is 0 Å². The summed E-state index contributed by atoms with van der Waals surface area (Å²) in [6.07, 6.45) is -4.10. The van der Waals surface area contributed by atoms with Crippen molar-refractivity contribution in [1.29, 1.82) is 0 Å². The lowest BCUT2D eigenvalue weighted by atomic mass is 10.2. The van der Waals surface area contributed by atoms with Gasteiger partial charge < -0.3 is 0 Å². The van der Waals surface area contributed by atoms with Crippen LogP contribution in [-0.4, -0.2) is 54.2 Å². The topological polar surface area (TPSA) is 6.48 Å². The van der Waals surface area contributed by atoms with Crippen molar-refractivity contribution in [3.8, 4) is 0 Å². The summed E-state index contributed by atoms with van der Waals surface area (Å²) in [5, 5.41) is 0. The van der Waals surface area contributed by atoms with Gasteiger partial charge in [-0.25, -0.2) is 0 Å². The van der Waals surface area contributed by atoms with E-state index in [-0.39, 0.29) is 0 Å². The molecule has 0 bridgehead atoms. The van der Waals surface area contributed by atoms with Gasteiger partial charge in [-0.05, 0) is 20.8 Å². The molecule has 1 unspecified atom stereocenters. The molecule has 1 saturated heterocycles. The molecule has 0 aromatic heterocycles. The second kappa shape index (κ2) is 4.70. The Morgan fingerprint density at radius 3 is 1.60 bits per heavy atom. The van der Waals surface area contributed by atoms with E-state index in [4.69, 9.17) is 0 Å². The average molecular weight is 224 g/mol. The lowest BCUT2D eigenvalue weighted by Crippen LogP contribution is -2.54. The van der Waals surface area contributed by atoms with Crippen LogP contribution in [0.3, 0.4) is 0 Å². The molecule has 1 aliphatic heterocycles. The first kappa shape index (κ1) is 12.8. The molecule has 0 radical (unpaired) electrons. The van der Waals surface area contributed by atoms with Crippen LogP contribution in [0, 0.1) is 0 Å². The van der Waals surface area contributed by atoms with Crippen LogP contribution in [0.4, 0.5) is 13.2 Å². The van der Waals surface area contributed by atoms with Gasteiger partial charge in [0.2, 0.25) is 0 Å². The van der Waals surface area contributed by atoms with Crippen LogP contribution in [0.1, 0.15) is 20.8 Å². The quantitative estimate of drug-likeness (QED) is 0.707. The summed E-state index contributed by atoms with van der Waals surface area (Å²) in [7, 11) is 0. The Hall–Kier alpha value is -0.290. The Balaban J connectivity index is 2.44. The number of hydrogen-bond donors (Lipinski definition) is 0. The lowest BCUT2D eigenvalue weighted by molar-refractivity contribution is -0.182. The van der Waals surface area contributed by atoms with Gasteiger partial charge in [0.05, 0.1) is 0 Å². The largest absolute Gasteiger partial charge is 0.403 e. The molecular weight excluding hydrogens is 205 g/mol. The highest BCUT2D eigenvalue weighted by molar-refractivity contribution is 4.81. The smallest absolute Gasteiger partial charge is 0.298 e. The van der Waals surface area contributed by atoms with Gasteiger partial charge in [-0.3, -0.25) is 9.80 Å². The van der Waals surface area contributed by atoms with Crippen LogP contribution in [-0.2, 0) is 0 Å². The Labute approximate surface area is 89.0 Å². The molecule has 1 rings (SSSR count). The molecule has 5 heteroatoms. The first-order chi connectivity index (χ1) is 6.82. The van der Waals surface area contributed by atoms with Crippen LogP contribution >= 0.6 is 0 Å². The highest BCUT2D eigenvalue weighted by Gasteiger charge is 2.40. The van der Waals surface area contributed by atoms with Crippen molar-refractivity contribution >= 4 is 0 Å². The van der Waals surface area contributed by atoms with E-state index in [1.807, 2.05) is 0 Å². The van der Waals surface area contributed by atoms with Crippen molar-refractivity contribution < 1.29 is 13.2 Å². The summed E-state index contributed by atoms with van der Waals surface area (Å²) < 4.78 is 37.3. The Bertz CT molecular complexity index is 195. The molecule has 0 N–H and O–H groups in total. The molecule has 0 aliphatic carbocycles. The number of piperazine rings is 1. The van der Waals surface area contributed by atoms with E-state index < -0.39 is 12.2 Å². The van der Waals surface area contributed by atoms with Crippen molar-refractivity contribution in [3.63, 3.8) is 0 Å². The predicted molar refractivity (Wildman–Crippen MR) is 53.8 cm³/mol. The maximum Gasteiger partial charge on any atom is 0.403 e. The summed E-state index contributed by atoms with van der Waals surface area (Å²) in [4.78, 5) is 3.72. The van der Waals surface area contributed by atoms with Gasteiger partial charge in [-0.1, -0.05) is 0 Å². The molecule has 1 atom stereocenters. The third kappa shape index (κ3) is 3.34. The van der Waals surface area contributed by atoms with Crippen LogP contribution in [0.2, 0.25) is 0 Å². The molecule has 0 aromatic rings. The molecule has 90 valence electrons. The lowest BCUT2D eigenvalue weighted by Gasteiger charge is -2.40. The Morgan fingerprint density at radius 1 is 0.867 bits per heavy atom. The fourth-order valence-corrected chi connectivity index (χ4v) is 1.85. The van der Waals surface area contributed by atoms with E-state index in [2.05, 4.69) is 18.7 Å². The van der Waals surface area contributed by atoms with Crippen LogP contribution in [0.5, 0.6) is 0 Å². The monoisotopic (exact) mass is 224 g/mol. The maximum atomic E-state index is 12.4. The molecule has 1 heterocycles. The fourth-order valence-electron chi connectivity index (χ4n) is 1.85. The van der Waals surface area contributed by atoms with Crippen molar-refractivity contribution in [2.24, 2.45) is 0 Å². The highest BCUT2D eigenvalue weighted by Crippen LogP contribution is 2.25. The van der Waals surface area contributed by atoms with Crippen molar-refractivity contribution in [3.05, 3.63) is 0 Å². The fraction of sp³-hybridized carbons (Fsp3) is 1.00. The van der Waals surface area contributed by atoms with E-state index >= 15 is 0 Å². The third-order valence-electron chi connectivity index (χ3n) is 3.10. The van der Waals surface area contributed by atoms with Gasteiger partial charge >= 0.3 is 6.18 Å². The second-order valence-corrected chi connectivity index (χ2v) is 4.38. The van der Waals surface area contributed by atoms with Crippen LogP contribution in [0.15, 0.2) is 0 Å². The van der Waals surface area contributed by atoms with Crippen molar-refractivity contribution in [2.45, 2.75) is 39.0 Å². The number of alkyl halides is 3. The van der Waals surface area contributed by atoms with E-state index in [0.29, 0.717) is 19.1 Å². The molecule has 15 heavy (non-hydrogen) atoms. The zero-order valence-electron chi connectivity index (χ0n) is 9.51. The molecule has 2 nitrogen and oxygen atoms in total. The first-order valence-corrected chi connectivity index (χ1v) is 5.37. The average Bonchev–Trinajstić information content (AvgIpc) is 2.15. The number of hydrogen-bond acceptors (Lipinski definition) is 2. The van der Waals surface area contributed by atoms with Crippen molar-refractivity contribution in [2.75, 3.05) is 26.2 Å². The number of rotatable bonds is 2. The van der Waals surface area contributed by atoms with Gasteiger partial charge in [0.15, 0.2) is 0 Å². The van der Waals surface area contributed by atoms with E-state index in [0.717, 1.165) is 13.1 Å². The molecule has 0 spiro atoms. The summed E-state index contributed by atoms with van der Waals surface area (Å²) in [5.41, 5.74) is 0. The van der Waals surface area contributed by atoms with Gasteiger partial charge in [-0.15, -0.1) is 0 Å². The summed E-state index contributed by atoms with van der Waals surface area (Å²) in [5.74, 6) is 0. The second-order valence-electron chi connectivity index (χ2n) is 4.38. The molecule has 0 amide bonds. The Kier molecular flexibility index (Phi) is 4.00. The summed E-state index contributed by atoms with van der Waals surface area (Å²) in [6.45, 7) is 7.88. The van der Waals surface area contributed by atoms with E-state index in [9.17, 15) is 13.2 Å². The minimum Gasteiger partial charge on any atom is -0.298 e. The number of halogens is 3. The van der Waals surface area contributed by atoms with Gasteiger partial charge in [0.1, 0.15) is 6.04 Å². The van der Waals surface area contributed by atoms with E-state index in [1.165, 1.54) is 11.8 Å². The Morgan fingerprint density at radius 2 is 1.27 bits per heavy atom. The first-order valence-electron chi connectivity index (χ1n) is 5.37. The van der Waals surface area contributed by atoms with Gasteiger partial charge in [0, 0.05) is 32.2 Å². The molecule has 0 saturated carbocycles. The van der Waals surface area contributed by atoms with Crippen LogP contribution in [0.25, 0.3) is 0 Å². The SMILES string of the molecule is CC(C)N1CCN(C(C)C(F)(F)F)CC1. The number of nitrogens with zero attached hydrogens (tertiary/aromatic N) is 2. The minimum absolute atomic E-state index is 0.424. The summed E-state index contributed by atoms with van der Waals surface area (Å²) in [6, 6.07) is -0.889. The minimum atomic E-state index is -4.10. The maximum absolute atomic E-state index is 12.4. The van der Waals surface area contributed by atoms with Gasteiger partial charge in [0.25, 0.3) is 0 Å².